The van der Waals surface area contributed by atoms with E-state index >= 15 is 0 Å². The van der Waals surface area contributed by atoms with Crippen molar-refractivity contribution in [3.63, 3.8) is 0 Å². The topological polar surface area (TPSA) is 37.8 Å². The minimum Gasteiger partial charge on any atom is -0.363 e. The van der Waals surface area contributed by atoms with Gasteiger partial charge in [-0.2, -0.15) is 0 Å². The second kappa shape index (κ2) is 4.93. The van der Waals surface area contributed by atoms with Gasteiger partial charge < -0.3 is 5.32 Å². The Labute approximate surface area is 107 Å². The third kappa shape index (κ3) is 2.80. The lowest BCUT2D eigenvalue weighted by Crippen LogP contribution is -2.03. The molecule has 2 aromatic rings. The first-order valence-electron chi connectivity index (χ1n) is 4.93. The van der Waals surface area contributed by atoms with Crippen molar-refractivity contribution in [3.8, 4) is 0 Å². The van der Waals surface area contributed by atoms with Crippen LogP contribution in [0.2, 0.25) is 0 Å². The summed E-state index contributed by atoms with van der Waals surface area (Å²) < 4.78 is 0.977. The molecule has 0 aliphatic carbocycles. The van der Waals surface area contributed by atoms with Crippen LogP contribution in [0, 0.1) is 13.8 Å². The highest BCUT2D eigenvalue weighted by molar-refractivity contribution is 9.10. The molecule has 3 nitrogen and oxygen atoms in total. The fourth-order valence-corrected chi connectivity index (χ4v) is 2.30. The Morgan fingerprint density at radius 2 is 2.12 bits per heavy atom. The molecule has 2 heterocycles. The number of hydrogen-bond acceptors (Lipinski definition) is 4. The van der Waals surface area contributed by atoms with E-state index in [0.29, 0.717) is 6.54 Å². The van der Waals surface area contributed by atoms with Crippen LogP contribution in [-0.2, 0) is 6.54 Å². The zero-order valence-corrected chi connectivity index (χ0v) is 11.5. The molecule has 0 radical (unpaired) electrons. The van der Waals surface area contributed by atoms with Crippen molar-refractivity contribution in [3.05, 3.63) is 38.4 Å². The molecular formula is C11H12BrN3S. The van der Waals surface area contributed by atoms with Gasteiger partial charge in [-0.15, -0.1) is 11.3 Å². The van der Waals surface area contributed by atoms with E-state index in [1.54, 1.807) is 11.3 Å². The zero-order valence-electron chi connectivity index (χ0n) is 9.12. The van der Waals surface area contributed by atoms with Crippen molar-refractivity contribution >= 4 is 33.1 Å². The number of anilines is 1. The standard InChI is InChI=1S/C11H12BrN3S/c1-7-3-4-10(12)11(14-7)13-5-9-6-16-8(2)15-9/h3-4,6H,5H2,1-2H3,(H,13,14). The smallest absolute Gasteiger partial charge is 0.140 e. The lowest BCUT2D eigenvalue weighted by Gasteiger charge is -2.06. The zero-order chi connectivity index (χ0) is 11.5. The predicted octanol–water partition coefficient (Wildman–Crippen LogP) is 3.53. The quantitative estimate of drug-likeness (QED) is 0.942. The lowest BCUT2D eigenvalue weighted by molar-refractivity contribution is 1.03. The van der Waals surface area contributed by atoms with Crippen LogP contribution in [0.15, 0.2) is 22.0 Å². The van der Waals surface area contributed by atoms with Gasteiger partial charge in [0.2, 0.25) is 0 Å². The Hall–Kier alpha value is -0.940. The summed E-state index contributed by atoms with van der Waals surface area (Å²) in [7, 11) is 0. The van der Waals surface area contributed by atoms with E-state index in [1.807, 2.05) is 26.0 Å². The highest BCUT2D eigenvalue weighted by atomic mass is 79.9. The molecule has 2 aromatic heterocycles. The van der Waals surface area contributed by atoms with Gasteiger partial charge in [-0.3, -0.25) is 0 Å². The molecule has 0 bridgehead atoms. The molecule has 0 unspecified atom stereocenters. The van der Waals surface area contributed by atoms with Gasteiger partial charge in [0, 0.05) is 11.1 Å². The first kappa shape index (κ1) is 11.5. The molecule has 0 amide bonds. The van der Waals surface area contributed by atoms with E-state index in [1.165, 1.54) is 0 Å². The van der Waals surface area contributed by atoms with Gasteiger partial charge in [0.05, 0.1) is 21.7 Å². The SMILES string of the molecule is Cc1ccc(Br)c(NCc2csc(C)n2)n1. The van der Waals surface area contributed by atoms with Crippen LogP contribution < -0.4 is 5.32 Å². The van der Waals surface area contributed by atoms with E-state index in [4.69, 9.17) is 0 Å². The second-order valence-electron chi connectivity index (χ2n) is 3.49. The largest absolute Gasteiger partial charge is 0.363 e. The summed E-state index contributed by atoms with van der Waals surface area (Å²) in [5.74, 6) is 0.866. The predicted molar refractivity (Wildman–Crippen MR) is 70.9 cm³/mol. The van der Waals surface area contributed by atoms with Gasteiger partial charge in [0.1, 0.15) is 5.82 Å². The Morgan fingerprint density at radius 1 is 1.31 bits per heavy atom. The van der Waals surface area contributed by atoms with Gasteiger partial charge in [-0.05, 0) is 41.9 Å². The van der Waals surface area contributed by atoms with Crippen LogP contribution in [0.25, 0.3) is 0 Å². The third-order valence-corrected chi connectivity index (χ3v) is 3.55. The van der Waals surface area contributed by atoms with Gasteiger partial charge in [0.15, 0.2) is 0 Å². The first-order valence-corrected chi connectivity index (χ1v) is 6.60. The number of thiazole rings is 1. The molecule has 16 heavy (non-hydrogen) atoms. The summed E-state index contributed by atoms with van der Waals surface area (Å²) in [5, 5.41) is 6.42. The molecular weight excluding hydrogens is 286 g/mol. The molecule has 5 heteroatoms. The highest BCUT2D eigenvalue weighted by Crippen LogP contribution is 2.20. The Morgan fingerprint density at radius 3 is 2.81 bits per heavy atom. The number of pyridine rings is 1. The van der Waals surface area contributed by atoms with Gasteiger partial charge in [-0.25, -0.2) is 9.97 Å². The van der Waals surface area contributed by atoms with E-state index in [2.05, 4.69) is 36.6 Å². The summed E-state index contributed by atoms with van der Waals surface area (Å²) in [5.41, 5.74) is 2.05. The molecule has 0 fully saturated rings. The van der Waals surface area contributed by atoms with Crippen molar-refractivity contribution in [2.75, 3.05) is 5.32 Å². The summed E-state index contributed by atoms with van der Waals surface area (Å²) in [6, 6.07) is 3.97. The number of hydrogen-bond donors (Lipinski definition) is 1. The monoisotopic (exact) mass is 297 g/mol. The average Bonchev–Trinajstić information content (AvgIpc) is 2.66. The number of halogens is 1. The molecule has 0 saturated carbocycles. The average molecular weight is 298 g/mol. The van der Waals surface area contributed by atoms with Crippen LogP contribution in [0.1, 0.15) is 16.4 Å². The Bertz CT molecular complexity index is 496. The molecule has 0 spiro atoms. The maximum Gasteiger partial charge on any atom is 0.140 e. The van der Waals surface area contributed by atoms with Crippen LogP contribution in [0.4, 0.5) is 5.82 Å². The summed E-state index contributed by atoms with van der Waals surface area (Å²) in [6.45, 7) is 4.69. The van der Waals surface area contributed by atoms with Crippen molar-refractivity contribution in [2.24, 2.45) is 0 Å². The number of aryl methyl sites for hydroxylation is 2. The van der Waals surface area contributed by atoms with Gasteiger partial charge in [-0.1, -0.05) is 0 Å². The van der Waals surface area contributed by atoms with E-state index in [-0.39, 0.29) is 0 Å². The van der Waals surface area contributed by atoms with Crippen LogP contribution in [0.5, 0.6) is 0 Å². The number of nitrogens with zero attached hydrogens (tertiary/aromatic N) is 2. The maximum atomic E-state index is 4.41. The van der Waals surface area contributed by atoms with E-state index in [9.17, 15) is 0 Å². The Balaban J connectivity index is 2.07. The fraction of sp³-hybridized carbons (Fsp3) is 0.273. The van der Waals surface area contributed by atoms with Crippen molar-refractivity contribution in [1.82, 2.24) is 9.97 Å². The normalized spacial score (nSPS) is 10.4. The molecule has 2 rings (SSSR count). The van der Waals surface area contributed by atoms with Gasteiger partial charge >= 0.3 is 0 Å². The molecule has 0 atom stereocenters. The van der Waals surface area contributed by atoms with Gasteiger partial charge in [0.25, 0.3) is 0 Å². The second-order valence-corrected chi connectivity index (χ2v) is 5.41. The fourth-order valence-electron chi connectivity index (χ4n) is 1.33. The molecule has 0 aliphatic heterocycles. The van der Waals surface area contributed by atoms with Crippen LogP contribution in [-0.4, -0.2) is 9.97 Å². The van der Waals surface area contributed by atoms with Crippen LogP contribution >= 0.6 is 27.3 Å². The summed E-state index contributed by atoms with van der Waals surface area (Å²) >= 11 is 5.13. The third-order valence-electron chi connectivity index (χ3n) is 2.09. The highest BCUT2D eigenvalue weighted by Gasteiger charge is 2.03. The number of nitrogens with one attached hydrogen (secondary N) is 1. The maximum absolute atomic E-state index is 4.41. The molecule has 0 saturated heterocycles. The minimum atomic E-state index is 0.708. The number of aromatic nitrogens is 2. The molecule has 0 aliphatic rings. The first-order chi connectivity index (χ1) is 7.65. The number of rotatable bonds is 3. The van der Waals surface area contributed by atoms with Crippen molar-refractivity contribution in [1.29, 1.82) is 0 Å². The van der Waals surface area contributed by atoms with Crippen LogP contribution in [0.3, 0.4) is 0 Å². The van der Waals surface area contributed by atoms with E-state index < -0.39 is 0 Å². The molecule has 84 valence electrons. The van der Waals surface area contributed by atoms with E-state index in [0.717, 1.165) is 26.7 Å². The van der Waals surface area contributed by atoms with Crippen molar-refractivity contribution in [2.45, 2.75) is 20.4 Å². The summed E-state index contributed by atoms with van der Waals surface area (Å²) in [4.78, 5) is 8.80. The summed E-state index contributed by atoms with van der Waals surface area (Å²) in [6.07, 6.45) is 0. The molecule has 0 aromatic carbocycles. The Kier molecular flexibility index (Phi) is 3.56. The lowest BCUT2D eigenvalue weighted by atomic mass is 10.3. The molecule has 1 N–H and O–H groups in total. The van der Waals surface area contributed by atoms with Crippen molar-refractivity contribution < 1.29 is 0 Å². The minimum absolute atomic E-state index is 0.708.